The van der Waals surface area contributed by atoms with E-state index in [2.05, 4.69) is 96.8 Å². The van der Waals surface area contributed by atoms with Crippen molar-refractivity contribution in [1.82, 2.24) is 9.80 Å². The summed E-state index contributed by atoms with van der Waals surface area (Å²) in [5, 5.41) is 0. The van der Waals surface area contributed by atoms with Crippen LogP contribution in [-0.4, -0.2) is 68.4 Å². The molecule has 252 valence electrons. The van der Waals surface area contributed by atoms with Crippen molar-refractivity contribution in [1.29, 1.82) is 0 Å². The second kappa shape index (κ2) is 16.8. The first kappa shape index (κ1) is 33.7. The molecule has 0 N–H and O–H groups in total. The van der Waals surface area contributed by atoms with Crippen LogP contribution in [0.1, 0.15) is 57.9 Å². The maximum absolute atomic E-state index is 12.6. The van der Waals surface area contributed by atoms with Gasteiger partial charge in [0.2, 0.25) is 5.91 Å². The van der Waals surface area contributed by atoms with Gasteiger partial charge in [0.15, 0.2) is 0 Å². The van der Waals surface area contributed by atoms with Gasteiger partial charge in [-0.3, -0.25) is 9.69 Å². The number of benzene rings is 4. The zero-order chi connectivity index (χ0) is 33.1. The molecular formula is C41H48N2O5. The summed E-state index contributed by atoms with van der Waals surface area (Å²) in [7, 11) is 0. The van der Waals surface area contributed by atoms with E-state index in [1.54, 1.807) is 0 Å². The van der Waals surface area contributed by atoms with Crippen LogP contribution in [0.4, 0.5) is 0 Å². The topological polar surface area (TPSA) is 60.5 Å². The third-order valence-corrected chi connectivity index (χ3v) is 8.98. The Hall–Kier alpha value is -4.17. The highest BCUT2D eigenvalue weighted by Gasteiger charge is 2.16. The van der Waals surface area contributed by atoms with Gasteiger partial charge in [-0.15, -0.1) is 0 Å². The zero-order valence-electron chi connectivity index (χ0n) is 28.4. The van der Waals surface area contributed by atoms with Gasteiger partial charge in [0.1, 0.15) is 24.7 Å². The summed E-state index contributed by atoms with van der Waals surface area (Å²) >= 11 is 0. The number of hydrogen-bond donors (Lipinski definition) is 0. The number of carbonyl (C=O) groups is 1. The van der Waals surface area contributed by atoms with Crippen LogP contribution in [0.25, 0.3) is 0 Å². The first-order chi connectivity index (χ1) is 23.5. The van der Waals surface area contributed by atoms with Gasteiger partial charge in [0.25, 0.3) is 0 Å². The Bertz CT molecular complexity index is 1670. The van der Waals surface area contributed by atoms with Crippen LogP contribution >= 0.6 is 0 Å². The molecule has 0 saturated heterocycles. The van der Waals surface area contributed by atoms with Gasteiger partial charge in [0.05, 0.1) is 26.4 Å². The standard InChI is InChI=1S/C41H48N2O5/c1-3-41(44)43-15-17-46-19-21-48-40-13-11-36(27-38(40)26-33-7-5-9-35(24-33)30-43)29-42-14-16-45-18-20-47-39-12-10-31(2)22-37(39)25-32-6-4-8-34(23-32)28-42/h4-13,22-24,27H,3,14-21,25-26,28-30H2,1-2H3. The molecular weight excluding hydrogens is 600 g/mol. The van der Waals surface area contributed by atoms with Gasteiger partial charge in [-0.1, -0.05) is 85.3 Å². The SMILES string of the molecule is CCC(=O)N1CCOCCOc2ccc(CN3CCOCCOc4ccc(C)cc4Cc4cccc(c4)C3)cc2Cc2cccc(c2)C1. The van der Waals surface area contributed by atoms with Crippen LogP contribution in [0.3, 0.4) is 0 Å². The smallest absolute Gasteiger partial charge is 0.222 e. The van der Waals surface area contributed by atoms with Crippen LogP contribution in [0.5, 0.6) is 11.5 Å². The molecule has 1 amide bonds. The number of ether oxygens (including phenoxy) is 4. The van der Waals surface area contributed by atoms with Crippen molar-refractivity contribution in [3.8, 4) is 11.5 Å². The number of amides is 1. The van der Waals surface area contributed by atoms with E-state index in [9.17, 15) is 4.79 Å². The summed E-state index contributed by atoms with van der Waals surface area (Å²) in [5.74, 6) is 1.97. The molecule has 0 radical (unpaired) electrons. The number of aryl methyl sites for hydroxylation is 1. The summed E-state index contributed by atoms with van der Waals surface area (Å²) < 4.78 is 24.4. The number of rotatable bonds is 3. The number of hydrogen-bond acceptors (Lipinski definition) is 6. The summed E-state index contributed by atoms with van der Waals surface area (Å²) in [5.41, 5.74) is 9.72. The molecule has 6 rings (SSSR count). The van der Waals surface area contributed by atoms with Gasteiger partial charge in [-0.2, -0.15) is 0 Å². The lowest BCUT2D eigenvalue weighted by Gasteiger charge is -2.25. The van der Waals surface area contributed by atoms with Crippen LogP contribution in [0.2, 0.25) is 0 Å². The first-order valence-corrected chi connectivity index (χ1v) is 17.3. The lowest BCUT2D eigenvalue weighted by atomic mass is 9.99. The fraction of sp³-hybridized carbons (Fsp3) is 0.390. The van der Waals surface area contributed by atoms with Crippen molar-refractivity contribution in [3.05, 3.63) is 129 Å². The van der Waals surface area contributed by atoms with Gasteiger partial charge in [-0.25, -0.2) is 0 Å². The Kier molecular flexibility index (Phi) is 11.8. The van der Waals surface area contributed by atoms with Crippen molar-refractivity contribution in [2.75, 3.05) is 52.7 Å². The maximum Gasteiger partial charge on any atom is 0.222 e. The maximum atomic E-state index is 12.6. The summed E-state index contributed by atoms with van der Waals surface area (Å²) in [6.07, 6.45) is 2.05. The van der Waals surface area contributed by atoms with E-state index in [-0.39, 0.29) is 5.91 Å². The minimum absolute atomic E-state index is 0.140. The van der Waals surface area contributed by atoms with Crippen molar-refractivity contribution in [2.24, 2.45) is 0 Å². The van der Waals surface area contributed by atoms with Gasteiger partial charge in [-0.05, 0) is 58.0 Å². The lowest BCUT2D eigenvalue weighted by Crippen LogP contribution is -2.33. The van der Waals surface area contributed by atoms with Crippen molar-refractivity contribution < 1.29 is 23.7 Å². The van der Waals surface area contributed by atoms with Crippen molar-refractivity contribution in [3.63, 3.8) is 0 Å². The quantitative estimate of drug-likeness (QED) is 0.246. The summed E-state index contributed by atoms with van der Waals surface area (Å²) in [4.78, 5) is 17.0. The molecule has 0 unspecified atom stereocenters. The Morgan fingerprint density at radius 2 is 1.25 bits per heavy atom. The molecule has 4 bridgehead atoms. The summed E-state index contributed by atoms with van der Waals surface area (Å²) in [6, 6.07) is 30.5. The van der Waals surface area contributed by atoms with E-state index in [1.165, 1.54) is 33.4 Å². The monoisotopic (exact) mass is 648 g/mol. The molecule has 0 saturated carbocycles. The van der Waals surface area contributed by atoms with Crippen LogP contribution in [0, 0.1) is 6.92 Å². The highest BCUT2D eigenvalue weighted by molar-refractivity contribution is 5.75. The largest absolute Gasteiger partial charge is 0.491 e. The molecule has 4 aromatic rings. The fourth-order valence-electron chi connectivity index (χ4n) is 6.57. The Morgan fingerprint density at radius 1 is 0.646 bits per heavy atom. The highest BCUT2D eigenvalue weighted by atomic mass is 16.5. The van der Waals surface area contributed by atoms with E-state index < -0.39 is 0 Å². The summed E-state index contributed by atoms with van der Waals surface area (Å²) in [6.45, 7) is 10.8. The Balaban J connectivity index is 1.23. The Morgan fingerprint density at radius 3 is 1.94 bits per heavy atom. The second-order valence-electron chi connectivity index (χ2n) is 12.8. The number of carbonyl (C=O) groups excluding carboxylic acids is 1. The predicted molar refractivity (Wildman–Crippen MR) is 189 cm³/mol. The lowest BCUT2D eigenvalue weighted by molar-refractivity contribution is -0.132. The van der Waals surface area contributed by atoms with E-state index in [0.29, 0.717) is 59.2 Å². The molecule has 2 aliphatic heterocycles. The number of fused-ring (bicyclic) bond motifs is 6. The Labute approximate surface area is 285 Å². The predicted octanol–water partition coefficient (Wildman–Crippen LogP) is 6.74. The third kappa shape index (κ3) is 9.47. The van der Waals surface area contributed by atoms with Crippen molar-refractivity contribution in [2.45, 2.75) is 52.7 Å². The van der Waals surface area contributed by atoms with Crippen LogP contribution < -0.4 is 9.47 Å². The first-order valence-electron chi connectivity index (χ1n) is 17.3. The molecule has 4 aromatic carbocycles. The van der Waals surface area contributed by atoms with Crippen LogP contribution in [0.15, 0.2) is 84.9 Å². The highest BCUT2D eigenvalue weighted by Crippen LogP contribution is 2.27. The second-order valence-corrected chi connectivity index (χ2v) is 12.8. The zero-order valence-corrected chi connectivity index (χ0v) is 28.4. The molecule has 0 aliphatic carbocycles. The van der Waals surface area contributed by atoms with E-state index in [4.69, 9.17) is 18.9 Å². The van der Waals surface area contributed by atoms with Crippen LogP contribution in [-0.2, 0) is 46.7 Å². The normalized spacial score (nSPS) is 16.7. The van der Waals surface area contributed by atoms with Gasteiger partial charge < -0.3 is 23.8 Å². The minimum atomic E-state index is 0.140. The van der Waals surface area contributed by atoms with E-state index in [0.717, 1.165) is 55.1 Å². The molecule has 0 spiro atoms. The molecule has 7 nitrogen and oxygen atoms in total. The van der Waals surface area contributed by atoms with E-state index >= 15 is 0 Å². The molecule has 7 heteroatoms. The molecule has 2 heterocycles. The molecule has 0 fully saturated rings. The molecule has 0 atom stereocenters. The van der Waals surface area contributed by atoms with Gasteiger partial charge in [0, 0.05) is 52.0 Å². The fourth-order valence-corrected chi connectivity index (χ4v) is 6.57. The third-order valence-electron chi connectivity index (χ3n) is 8.98. The van der Waals surface area contributed by atoms with E-state index in [1.807, 2.05) is 11.8 Å². The number of nitrogens with zero attached hydrogens (tertiary/aromatic N) is 2. The molecule has 48 heavy (non-hydrogen) atoms. The minimum Gasteiger partial charge on any atom is -0.491 e. The van der Waals surface area contributed by atoms with Gasteiger partial charge >= 0.3 is 0 Å². The average Bonchev–Trinajstić information content (AvgIpc) is 3.08. The molecule has 2 aliphatic rings. The average molecular weight is 649 g/mol. The van der Waals surface area contributed by atoms with Crippen molar-refractivity contribution >= 4 is 5.91 Å². The molecule has 0 aromatic heterocycles.